The Morgan fingerprint density at radius 2 is 2.03 bits per heavy atom. The molecule has 31 heavy (non-hydrogen) atoms. The second-order valence-corrected chi connectivity index (χ2v) is 8.71. The number of methoxy groups -OCH3 is 1. The van der Waals surface area contributed by atoms with Gasteiger partial charge in [-0.25, -0.2) is 0 Å². The van der Waals surface area contributed by atoms with Crippen LogP contribution in [-0.4, -0.2) is 33.5 Å². The third kappa shape index (κ3) is 6.97. The van der Waals surface area contributed by atoms with Crippen molar-refractivity contribution < 1.29 is 9.53 Å². The zero-order chi connectivity index (χ0) is 22.1. The lowest BCUT2D eigenvalue weighted by Crippen LogP contribution is -2.14. The summed E-state index contributed by atoms with van der Waals surface area (Å²) in [5, 5.41) is 12.3. The molecule has 0 saturated carbocycles. The van der Waals surface area contributed by atoms with E-state index in [1.807, 2.05) is 47.0 Å². The van der Waals surface area contributed by atoms with E-state index >= 15 is 0 Å². The highest BCUT2D eigenvalue weighted by molar-refractivity contribution is 9.10. The van der Waals surface area contributed by atoms with Crippen LogP contribution in [0.4, 0.5) is 5.69 Å². The lowest BCUT2D eigenvalue weighted by molar-refractivity contribution is -0.113. The number of aryl methyl sites for hydroxylation is 2. The van der Waals surface area contributed by atoms with Gasteiger partial charge < -0.3 is 14.6 Å². The number of hydrogen-bond acceptors (Lipinski definition) is 5. The number of rotatable bonds is 11. The van der Waals surface area contributed by atoms with Crippen LogP contribution in [0.25, 0.3) is 0 Å². The van der Waals surface area contributed by atoms with E-state index in [-0.39, 0.29) is 11.7 Å². The summed E-state index contributed by atoms with van der Waals surface area (Å²) in [7, 11) is 1.67. The highest BCUT2D eigenvalue weighted by Crippen LogP contribution is 2.20. The SMILES string of the molecule is C=CCn1c(CCCc2ccc(OC)cc2)nnc1SCC(=O)Nc1cccc(Br)c1. The molecular weight excluding hydrogens is 476 g/mol. The third-order valence-electron chi connectivity index (χ3n) is 4.57. The van der Waals surface area contributed by atoms with E-state index in [2.05, 4.69) is 50.2 Å². The summed E-state index contributed by atoms with van der Waals surface area (Å²) in [6, 6.07) is 15.6. The topological polar surface area (TPSA) is 69.0 Å². The summed E-state index contributed by atoms with van der Waals surface area (Å²) in [5.41, 5.74) is 2.01. The lowest BCUT2D eigenvalue weighted by atomic mass is 10.1. The maximum atomic E-state index is 12.3. The quantitative estimate of drug-likeness (QED) is 0.291. The summed E-state index contributed by atoms with van der Waals surface area (Å²) in [6.07, 6.45) is 4.53. The van der Waals surface area contributed by atoms with Crippen LogP contribution in [0.15, 0.2) is 70.8 Å². The fourth-order valence-corrected chi connectivity index (χ4v) is 4.23. The van der Waals surface area contributed by atoms with Crippen LogP contribution in [0, 0.1) is 0 Å². The Hall–Kier alpha value is -2.58. The molecule has 0 aliphatic carbocycles. The number of hydrogen-bond donors (Lipinski definition) is 1. The van der Waals surface area contributed by atoms with Crippen molar-refractivity contribution in [2.45, 2.75) is 31.0 Å². The molecule has 0 radical (unpaired) electrons. The Kier molecular flexibility index (Phi) is 8.73. The van der Waals surface area contributed by atoms with Crippen LogP contribution in [-0.2, 0) is 24.2 Å². The van der Waals surface area contributed by atoms with Crippen LogP contribution in [0.5, 0.6) is 5.75 Å². The van der Waals surface area contributed by atoms with Crippen molar-refractivity contribution in [1.29, 1.82) is 0 Å². The minimum absolute atomic E-state index is 0.0858. The number of aromatic nitrogens is 3. The van der Waals surface area contributed by atoms with E-state index in [4.69, 9.17) is 4.74 Å². The van der Waals surface area contributed by atoms with Crippen LogP contribution < -0.4 is 10.1 Å². The number of carbonyl (C=O) groups is 1. The van der Waals surface area contributed by atoms with Gasteiger partial charge in [0, 0.05) is 23.1 Å². The molecule has 0 spiro atoms. The number of anilines is 1. The predicted octanol–water partition coefficient (Wildman–Crippen LogP) is 5.14. The minimum Gasteiger partial charge on any atom is -0.497 e. The largest absolute Gasteiger partial charge is 0.497 e. The molecule has 162 valence electrons. The summed E-state index contributed by atoms with van der Waals surface area (Å²) in [5.74, 6) is 1.94. The molecule has 0 aliphatic rings. The van der Waals surface area contributed by atoms with Crippen molar-refractivity contribution in [2.75, 3.05) is 18.2 Å². The molecule has 0 fully saturated rings. The second-order valence-electron chi connectivity index (χ2n) is 6.85. The number of amides is 1. The molecule has 3 aromatic rings. The van der Waals surface area contributed by atoms with Gasteiger partial charge in [-0.2, -0.15) is 0 Å². The van der Waals surface area contributed by atoms with Gasteiger partial charge in [-0.15, -0.1) is 16.8 Å². The van der Waals surface area contributed by atoms with Gasteiger partial charge in [-0.3, -0.25) is 4.79 Å². The zero-order valence-corrected chi connectivity index (χ0v) is 19.8. The Bertz CT molecular complexity index is 1020. The number of carbonyl (C=O) groups excluding carboxylic acids is 1. The summed E-state index contributed by atoms with van der Waals surface area (Å²) < 4.78 is 8.15. The van der Waals surface area contributed by atoms with Crippen molar-refractivity contribution in [2.24, 2.45) is 0 Å². The monoisotopic (exact) mass is 500 g/mol. The van der Waals surface area contributed by atoms with Gasteiger partial charge in [-0.05, 0) is 48.7 Å². The number of nitrogens with one attached hydrogen (secondary N) is 1. The fourth-order valence-electron chi connectivity index (χ4n) is 3.06. The number of ether oxygens (including phenoxy) is 1. The molecule has 8 heteroatoms. The lowest BCUT2D eigenvalue weighted by Gasteiger charge is -2.09. The molecular formula is C23H25BrN4O2S. The van der Waals surface area contributed by atoms with Gasteiger partial charge in [0.15, 0.2) is 5.16 Å². The Morgan fingerprint density at radius 3 is 2.74 bits per heavy atom. The summed E-state index contributed by atoms with van der Waals surface area (Å²) in [6.45, 7) is 4.45. The van der Waals surface area contributed by atoms with E-state index in [9.17, 15) is 4.79 Å². The van der Waals surface area contributed by atoms with Crippen molar-refractivity contribution >= 4 is 39.3 Å². The second kappa shape index (κ2) is 11.7. The molecule has 1 amide bonds. The van der Waals surface area contributed by atoms with Crippen LogP contribution in [0.3, 0.4) is 0 Å². The van der Waals surface area contributed by atoms with Crippen LogP contribution >= 0.6 is 27.7 Å². The molecule has 1 N–H and O–H groups in total. The first-order valence-corrected chi connectivity index (χ1v) is 11.7. The summed E-state index contributed by atoms with van der Waals surface area (Å²) in [4.78, 5) is 12.3. The maximum absolute atomic E-state index is 12.3. The van der Waals surface area contributed by atoms with Crippen molar-refractivity contribution in [3.05, 3.63) is 77.0 Å². The molecule has 0 unspecified atom stereocenters. The molecule has 0 aliphatic heterocycles. The average Bonchev–Trinajstić information content (AvgIpc) is 3.14. The van der Waals surface area contributed by atoms with Gasteiger partial charge in [0.1, 0.15) is 11.6 Å². The van der Waals surface area contributed by atoms with Crippen molar-refractivity contribution in [3.8, 4) is 5.75 Å². The first-order valence-electron chi connectivity index (χ1n) is 9.93. The van der Waals surface area contributed by atoms with Crippen molar-refractivity contribution in [1.82, 2.24) is 14.8 Å². The molecule has 6 nitrogen and oxygen atoms in total. The molecule has 3 rings (SSSR count). The normalized spacial score (nSPS) is 10.6. The van der Waals surface area contributed by atoms with Gasteiger partial charge in [0.2, 0.25) is 5.91 Å². The van der Waals surface area contributed by atoms with Gasteiger partial charge in [0.25, 0.3) is 0 Å². The van der Waals surface area contributed by atoms with Crippen LogP contribution in [0.2, 0.25) is 0 Å². The number of halogens is 1. The highest BCUT2D eigenvalue weighted by atomic mass is 79.9. The predicted molar refractivity (Wildman–Crippen MR) is 129 cm³/mol. The minimum atomic E-state index is -0.0858. The smallest absolute Gasteiger partial charge is 0.234 e. The molecule has 2 aromatic carbocycles. The molecule has 1 aromatic heterocycles. The van der Waals surface area contributed by atoms with E-state index in [1.165, 1.54) is 17.3 Å². The number of thioether (sulfide) groups is 1. The molecule has 1 heterocycles. The molecule has 0 bridgehead atoms. The number of nitrogens with zero attached hydrogens (tertiary/aromatic N) is 3. The average molecular weight is 501 g/mol. The third-order valence-corrected chi connectivity index (χ3v) is 6.03. The van der Waals surface area contributed by atoms with E-state index in [1.54, 1.807) is 7.11 Å². The molecule has 0 saturated heterocycles. The fraction of sp³-hybridized carbons (Fsp3) is 0.261. The zero-order valence-electron chi connectivity index (χ0n) is 17.4. The molecule has 0 atom stereocenters. The first kappa shape index (κ1) is 23.1. The van der Waals surface area contributed by atoms with E-state index in [0.717, 1.165) is 46.2 Å². The van der Waals surface area contributed by atoms with Gasteiger partial charge in [-0.1, -0.05) is 52.0 Å². The van der Waals surface area contributed by atoms with E-state index < -0.39 is 0 Å². The Balaban J connectivity index is 1.55. The maximum Gasteiger partial charge on any atom is 0.234 e. The van der Waals surface area contributed by atoms with Gasteiger partial charge in [0.05, 0.1) is 12.9 Å². The standard InChI is InChI=1S/C23H25BrN4O2S/c1-3-14-28-21(9-4-6-17-10-12-20(30-2)13-11-17)26-27-23(28)31-16-22(29)25-19-8-5-7-18(24)15-19/h3,5,7-8,10-13,15H,1,4,6,9,14,16H2,2H3,(H,25,29). The Morgan fingerprint density at radius 1 is 1.23 bits per heavy atom. The van der Waals surface area contributed by atoms with Crippen molar-refractivity contribution in [3.63, 3.8) is 0 Å². The van der Waals surface area contributed by atoms with E-state index in [0.29, 0.717) is 6.54 Å². The summed E-state index contributed by atoms with van der Waals surface area (Å²) >= 11 is 4.78. The Labute approximate surface area is 195 Å². The number of benzene rings is 2. The highest BCUT2D eigenvalue weighted by Gasteiger charge is 2.13. The number of allylic oxidation sites excluding steroid dienone is 1. The first-order chi connectivity index (χ1) is 15.1. The van der Waals surface area contributed by atoms with Crippen LogP contribution in [0.1, 0.15) is 17.8 Å². The van der Waals surface area contributed by atoms with Gasteiger partial charge >= 0.3 is 0 Å².